The van der Waals surface area contributed by atoms with Gasteiger partial charge in [-0.05, 0) is 11.4 Å². The van der Waals surface area contributed by atoms with Gasteiger partial charge in [-0.25, -0.2) is 4.79 Å². The number of rotatable bonds is 3. The molecule has 0 aromatic carbocycles. The third kappa shape index (κ3) is 2.29. The highest BCUT2D eigenvalue weighted by Crippen LogP contribution is 2.18. The van der Waals surface area contributed by atoms with Gasteiger partial charge in [0.05, 0.1) is 19.1 Å². The number of hydrogen-bond donors (Lipinski definition) is 1. The van der Waals surface area contributed by atoms with Crippen molar-refractivity contribution in [2.45, 2.75) is 6.42 Å². The molecule has 1 aromatic rings. The summed E-state index contributed by atoms with van der Waals surface area (Å²) in [6.07, 6.45) is -0.137. The number of methoxy groups -OCH3 is 1. The summed E-state index contributed by atoms with van der Waals surface area (Å²) in [5.41, 5.74) is 0.343. The van der Waals surface area contributed by atoms with E-state index in [1.165, 1.54) is 18.4 Å². The molecule has 1 N–H and O–H groups in total. The molecule has 0 atom stereocenters. The first-order chi connectivity index (χ1) is 6.15. The Morgan fingerprint density at radius 3 is 2.85 bits per heavy atom. The molecule has 1 rings (SSSR count). The van der Waals surface area contributed by atoms with Crippen molar-refractivity contribution in [2.75, 3.05) is 7.11 Å². The standard InChI is InChI=1S/C8H8O4S/c1-12-8(11)5-2-3-13-6(5)4-7(9)10/h2-3H,4H2,1H3,(H,9,10). The van der Waals surface area contributed by atoms with Crippen molar-refractivity contribution in [3.8, 4) is 0 Å². The van der Waals surface area contributed by atoms with E-state index in [9.17, 15) is 9.59 Å². The lowest BCUT2D eigenvalue weighted by Gasteiger charge is -1.98. The van der Waals surface area contributed by atoms with Crippen LogP contribution in [0, 0.1) is 0 Å². The molecular weight excluding hydrogens is 192 g/mol. The molecule has 0 aliphatic carbocycles. The second-order valence-electron chi connectivity index (χ2n) is 2.32. The van der Waals surface area contributed by atoms with Gasteiger partial charge in [-0.2, -0.15) is 0 Å². The molecule has 0 saturated heterocycles. The summed E-state index contributed by atoms with van der Waals surface area (Å²) in [5, 5.41) is 10.2. The Morgan fingerprint density at radius 2 is 2.31 bits per heavy atom. The van der Waals surface area contributed by atoms with Crippen molar-refractivity contribution in [1.82, 2.24) is 0 Å². The van der Waals surface area contributed by atoms with Gasteiger partial charge in [0.1, 0.15) is 0 Å². The van der Waals surface area contributed by atoms with Crippen LogP contribution in [0.4, 0.5) is 0 Å². The highest BCUT2D eigenvalue weighted by molar-refractivity contribution is 7.10. The fraction of sp³-hybridized carbons (Fsp3) is 0.250. The number of carbonyl (C=O) groups is 2. The normalized spacial score (nSPS) is 9.62. The molecule has 0 aliphatic rings. The van der Waals surface area contributed by atoms with Crippen molar-refractivity contribution in [3.63, 3.8) is 0 Å². The summed E-state index contributed by atoms with van der Waals surface area (Å²) in [7, 11) is 1.27. The quantitative estimate of drug-likeness (QED) is 0.744. The lowest BCUT2D eigenvalue weighted by atomic mass is 10.2. The van der Waals surface area contributed by atoms with E-state index in [1.54, 1.807) is 11.4 Å². The molecule has 0 aliphatic heterocycles. The second-order valence-corrected chi connectivity index (χ2v) is 3.32. The molecule has 4 nitrogen and oxygen atoms in total. The minimum atomic E-state index is -0.951. The van der Waals surface area contributed by atoms with Crippen molar-refractivity contribution in [3.05, 3.63) is 21.9 Å². The van der Waals surface area contributed by atoms with Crippen LogP contribution in [0.15, 0.2) is 11.4 Å². The average molecular weight is 200 g/mol. The van der Waals surface area contributed by atoms with Crippen LogP contribution in [-0.2, 0) is 16.0 Å². The summed E-state index contributed by atoms with van der Waals surface area (Å²) in [6, 6.07) is 1.56. The topological polar surface area (TPSA) is 63.6 Å². The van der Waals surface area contributed by atoms with Gasteiger partial charge in [0.25, 0.3) is 0 Å². The van der Waals surface area contributed by atoms with Crippen LogP contribution in [0.5, 0.6) is 0 Å². The predicted molar refractivity (Wildman–Crippen MR) is 47.0 cm³/mol. The molecular formula is C8H8O4S. The first kappa shape index (κ1) is 9.73. The Balaban J connectivity index is 2.89. The smallest absolute Gasteiger partial charge is 0.338 e. The van der Waals surface area contributed by atoms with Gasteiger partial charge in [-0.15, -0.1) is 11.3 Å². The van der Waals surface area contributed by atoms with E-state index in [0.29, 0.717) is 10.4 Å². The zero-order valence-electron chi connectivity index (χ0n) is 6.94. The van der Waals surface area contributed by atoms with Crippen molar-refractivity contribution in [2.24, 2.45) is 0 Å². The molecule has 1 heterocycles. The van der Waals surface area contributed by atoms with Crippen LogP contribution in [0.3, 0.4) is 0 Å². The van der Waals surface area contributed by atoms with Gasteiger partial charge >= 0.3 is 11.9 Å². The summed E-state index contributed by atoms with van der Waals surface area (Å²) in [4.78, 5) is 22.0. The molecule has 1 aromatic heterocycles. The molecule has 70 valence electrons. The van der Waals surface area contributed by atoms with Crippen LogP contribution in [0.1, 0.15) is 15.2 Å². The van der Waals surface area contributed by atoms with Crippen LogP contribution in [0.25, 0.3) is 0 Å². The molecule has 0 radical (unpaired) electrons. The van der Waals surface area contributed by atoms with Crippen LogP contribution in [-0.4, -0.2) is 24.2 Å². The van der Waals surface area contributed by atoms with E-state index in [4.69, 9.17) is 5.11 Å². The maximum atomic E-state index is 11.1. The van der Waals surface area contributed by atoms with Gasteiger partial charge in [0, 0.05) is 4.88 Å². The number of hydrogen-bond acceptors (Lipinski definition) is 4. The fourth-order valence-corrected chi connectivity index (χ4v) is 1.76. The maximum absolute atomic E-state index is 11.1. The first-order valence-corrected chi connectivity index (χ1v) is 4.39. The van der Waals surface area contributed by atoms with E-state index in [2.05, 4.69) is 4.74 Å². The minimum absolute atomic E-state index is 0.137. The molecule has 13 heavy (non-hydrogen) atoms. The van der Waals surface area contributed by atoms with Crippen LogP contribution < -0.4 is 0 Å². The number of carboxylic acids is 1. The third-order valence-corrected chi connectivity index (χ3v) is 2.38. The molecule has 0 fully saturated rings. The SMILES string of the molecule is COC(=O)c1ccsc1CC(=O)O. The largest absolute Gasteiger partial charge is 0.481 e. The van der Waals surface area contributed by atoms with Gasteiger partial charge in [0.2, 0.25) is 0 Å². The van der Waals surface area contributed by atoms with Crippen molar-refractivity contribution >= 4 is 23.3 Å². The van der Waals surface area contributed by atoms with Gasteiger partial charge in [-0.1, -0.05) is 0 Å². The van der Waals surface area contributed by atoms with Crippen molar-refractivity contribution in [1.29, 1.82) is 0 Å². The highest BCUT2D eigenvalue weighted by atomic mass is 32.1. The molecule has 0 bridgehead atoms. The van der Waals surface area contributed by atoms with Crippen LogP contribution in [0.2, 0.25) is 0 Å². The molecule has 0 amide bonds. The number of aliphatic carboxylic acids is 1. The summed E-state index contributed by atoms with van der Waals surface area (Å²) in [6.45, 7) is 0. The summed E-state index contributed by atoms with van der Waals surface area (Å²) in [5.74, 6) is -1.44. The lowest BCUT2D eigenvalue weighted by Crippen LogP contribution is -2.06. The summed E-state index contributed by atoms with van der Waals surface area (Å²) >= 11 is 1.24. The van der Waals surface area contributed by atoms with Gasteiger partial charge in [0.15, 0.2) is 0 Å². The highest BCUT2D eigenvalue weighted by Gasteiger charge is 2.14. The zero-order chi connectivity index (χ0) is 9.84. The van der Waals surface area contributed by atoms with Crippen molar-refractivity contribution < 1.29 is 19.4 Å². The molecule has 0 unspecified atom stereocenters. The van der Waals surface area contributed by atoms with E-state index >= 15 is 0 Å². The van der Waals surface area contributed by atoms with E-state index in [1.807, 2.05) is 0 Å². The average Bonchev–Trinajstić information content (AvgIpc) is 2.50. The fourth-order valence-electron chi connectivity index (χ4n) is 0.907. The van der Waals surface area contributed by atoms with Crippen LogP contribution >= 0.6 is 11.3 Å². The number of thiophene rings is 1. The number of ether oxygens (including phenoxy) is 1. The maximum Gasteiger partial charge on any atom is 0.338 e. The monoisotopic (exact) mass is 200 g/mol. The Hall–Kier alpha value is -1.36. The Morgan fingerprint density at radius 1 is 1.62 bits per heavy atom. The van der Waals surface area contributed by atoms with Gasteiger partial charge < -0.3 is 9.84 Å². The summed E-state index contributed by atoms with van der Waals surface area (Å²) < 4.78 is 4.49. The second kappa shape index (κ2) is 4.04. The van der Waals surface area contributed by atoms with E-state index in [0.717, 1.165) is 0 Å². The van der Waals surface area contributed by atoms with E-state index < -0.39 is 11.9 Å². The minimum Gasteiger partial charge on any atom is -0.481 e. The Bertz CT molecular complexity index is 329. The molecule has 0 saturated carbocycles. The number of carbonyl (C=O) groups excluding carboxylic acids is 1. The Kier molecular flexibility index (Phi) is 3.02. The molecule has 0 spiro atoms. The van der Waals surface area contributed by atoms with Gasteiger partial charge in [-0.3, -0.25) is 4.79 Å². The predicted octanol–water partition coefficient (Wildman–Crippen LogP) is 1.16. The Labute approximate surface area is 78.8 Å². The molecule has 5 heteroatoms. The first-order valence-electron chi connectivity index (χ1n) is 3.51. The lowest BCUT2D eigenvalue weighted by molar-refractivity contribution is -0.136. The number of carboxylic acid groups (broad SMARTS) is 1. The van der Waals surface area contributed by atoms with E-state index in [-0.39, 0.29) is 6.42 Å². The number of esters is 1. The zero-order valence-corrected chi connectivity index (χ0v) is 7.76. The third-order valence-electron chi connectivity index (χ3n) is 1.46.